The van der Waals surface area contributed by atoms with Crippen LogP contribution in [0.5, 0.6) is 0 Å². The summed E-state index contributed by atoms with van der Waals surface area (Å²) in [6.45, 7) is 6.90. The third-order valence-corrected chi connectivity index (χ3v) is 13.2. The number of hydrogen-bond donors (Lipinski definition) is 1. The number of fused-ring (bicyclic) bond motifs is 1. The van der Waals surface area contributed by atoms with Gasteiger partial charge in [0.25, 0.3) is 0 Å². The van der Waals surface area contributed by atoms with E-state index >= 15 is 0 Å². The summed E-state index contributed by atoms with van der Waals surface area (Å²) < 4.78 is 18.2. The monoisotopic (exact) mass is 687 g/mol. The molecule has 0 aliphatic carbocycles. The fourth-order valence-electron chi connectivity index (χ4n) is 4.97. The number of piperazine rings is 1. The number of benzene rings is 1. The Labute approximate surface area is 261 Å². The van der Waals surface area contributed by atoms with Gasteiger partial charge in [0.15, 0.2) is 0 Å². The molecular formula is C29H45N3O7SSeSi. The first kappa shape index (κ1) is 34.8. The number of ketones is 1. The van der Waals surface area contributed by atoms with Crippen LogP contribution in [0.15, 0.2) is 42.1 Å². The molecule has 2 saturated heterocycles. The second-order valence-electron chi connectivity index (χ2n) is 11.9. The Kier molecular flexibility index (Phi) is 12.7. The van der Waals surface area contributed by atoms with E-state index in [4.69, 9.17) is 14.2 Å². The third-order valence-electron chi connectivity index (χ3n) is 7.01. The average molecular weight is 687 g/mol. The number of Topliss-reactive ketones (excluding diaryl/α,β-unsaturated/α-hetero) is 1. The fourth-order valence-corrected chi connectivity index (χ4v) is 11.3. The molecule has 2 aliphatic heterocycles. The van der Waals surface area contributed by atoms with Crippen LogP contribution < -0.4 is 4.46 Å². The first-order chi connectivity index (χ1) is 19.9. The maximum absolute atomic E-state index is 14.5. The Morgan fingerprint density at radius 2 is 1.88 bits per heavy atom. The van der Waals surface area contributed by atoms with Gasteiger partial charge in [-0.3, -0.25) is 0 Å². The molecule has 3 rings (SSSR count). The van der Waals surface area contributed by atoms with Crippen molar-refractivity contribution in [2.75, 3.05) is 67.2 Å². The van der Waals surface area contributed by atoms with Crippen molar-refractivity contribution < 1.29 is 33.7 Å². The predicted molar refractivity (Wildman–Crippen MR) is 169 cm³/mol. The number of rotatable bonds is 16. The van der Waals surface area contributed by atoms with E-state index in [0.717, 1.165) is 10.5 Å². The summed E-state index contributed by atoms with van der Waals surface area (Å²) in [5.41, 5.74) is 0.321. The molecule has 1 aromatic carbocycles. The van der Waals surface area contributed by atoms with E-state index in [9.17, 15) is 19.5 Å². The van der Waals surface area contributed by atoms with Gasteiger partial charge in [0.1, 0.15) is 0 Å². The van der Waals surface area contributed by atoms with Crippen molar-refractivity contribution >= 4 is 56.9 Å². The third kappa shape index (κ3) is 8.06. The van der Waals surface area contributed by atoms with Crippen molar-refractivity contribution in [3.8, 4) is 0 Å². The van der Waals surface area contributed by atoms with Crippen LogP contribution in [0.2, 0.25) is 30.5 Å². The molecule has 1 aromatic rings. The first-order valence-corrected chi connectivity index (χ1v) is 20.6. The molecule has 0 bridgehead atoms. The van der Waals surface area contributed by atoms with Crippen LogP contribution in [0.4, 0.5) is 0 Å². The number of ether oxygens (including phenoxy) is 3. The van der Waals surface area contributed by atoms with Gasteiger partial charge >= 0.3 is 262 Å². The Morgan fingerprint density at radius 1 is 1.19 bits per heavy atom. The standard InChI is InChI=1S/C29H45N3O7SSeSi/c1-30(2)17-22-25(26(39-20-38-14-13-37-4)23(19-33)41-21-11-9-8-10-12-21)32-24(34)18-31(3)28(36)29(32,27(22)35)40-15-16-42(5,6)7/h8-12,17,23,25-26,33H,13-16,18-20H2,1-7H3/b22-17-/t23?,25-,26-,29+/m0/s1. The van der Waals surface area contributed by atoms with Crippen molar-refractivity contribution in [1.29, 1.82) is 0 Å². The summed E-state index contributed by atoms with van der Waals surface area (Å²) in [4.78, 5) is 44.9. The van der Waals surface area contributed by atoms with Crippen LogP contribution in [-0.2, 0) is 28.6 Å². The normalized spacial score (nSPS) is 23.5. The molecular weight excluding hydrogens is 641 g/mol. The number of amides is 2. The minimum atomic E-state index is -1.73. The summed E-state index contributed by atoms with van der Waals surface area (Å²) in [6.07, 6.45) is 0.881. The van der Waals surface area contributed by atoms with Crippen LogP contribution in [-0.4, -0.2) is 145 Å². The van der Waals surface area contributed by atoms with E-state index in [1.54, 1.807) is 39.4 Å². The molecule has 0 saturated carbocycles. The zero-order valence-electron chi connectivity index (χ0n) is 25.7. The molecule has 1 unspecified atom stereocenters. The number of carbonyl (C=O) groups is 3. The van der Waals surface area contributed by atoms with Crippen molar-refractivity contribution in [2.24, 2.45) is 0 Å². The molecule has 2 heterocycles. The zero-order valence-corrected chi connectivity index (χ0v) is 29.2. The van der Waals surface area contributed by atoms with Gasteiger partial charge in [0.2, 0.25) is 0 Å². The van der Waals surface area contributed by atoms with Crippen molar-refractivity contribution in [3.05, 3.63) is 42.1 Å². The summed E-state index contributed by atoms with van der Waals surface area (Å²) in [5.74, 6) is -0.556. The van der Waals surface area contributed by atoms with E-state index in [1.807, 2.05) is 30.3 Å². The molecule has 0 spiro atoms. The summed E-state index contributed by atoms with van der Waals surface area (Å²) in [7, 11) is 5.24. The fraction of sp³-hybridized carbons (Fsp3) is 0.621. The van der Waals surface area contributed by atoms with Gasteiger partial charge in [0.05, 0.1) is 0 Å². The molecule has 10 nitrogen and oxygen atoms in total. The minimum absolute atomic E-state index is 0.124. The Morgan fingerprint density at radius 3 is 2.48 bits per heavy atom. The number of carbonyl (C=O) groups excluding carboxylic acids is 3. The number of likely N-dealkylation sites (N-methyl/N-ethyl adjacent to an activating group) is 1. The van der Waals surface area contributed by atoms with Crippen LogP contribution in [0, 0.1) is 0 Å². The topological polar surface area (TPSA) is 109 Å². The zero-order chi connectivity index (χ0) is 31.1. The SMILES string of the molecule is COCCOCO[C@@H](C(CO)[Se]c1ccccc1)[C@@H]1/C(=C/N(C)C)C(=O)[C@@]2(SCC[Si](C)(C)C)C(=O)N(C)CC(=O)N12. The number of nitrogens with zero attached hydrogens (tertiary/aromatic N) is 3. The van der Waals surface area contributed by atoms with Crippen molar-refractivity contribution in [3.63, 3.8) is 0 Å². The van der Waals surface area contributed by atoms with Gasteiger partial charge in [-0.25, -0.2) is 0 Å². The second kappa shape index (κ2) is 15.3. The molecule has 234 valence electrons. The molecule has 0 radical (unpaired) electrons. The Bertz CT molecular complexity index is 1120. The number of aliphatic hydroxyl groups is 1. The maximum atomic E-state index is 14.5. The first-order valence-electron chi connectivity index (χ1n) is 14.0. The average Bonchev–Trinajstić information content (AvgIpc) is 3.16. The Balaban J connectivity index is 2.14. The van der Waals surface area contributed by atoms with Gasteiger partial charge in [0, 0.05) is 0 Å². The van der Waals surface area contributed by atoms with Gasteiger partial charge in [-0.2, -0.15) is 0 Å². The summed E-state index contributed by atoms with van der Waals surface area (Å²) in [6, 6.07) is 9.78. The van der Waals surface area contributed by atoms with E-state index < -0.39 is 41.6 Å². The van der Waals surface area contributed by atoms with Crippen LogP contribution in [0.25, 0.3) is 0 Å². The quantitative estimate of drug-likeness (QED) is 0.0905. The summed E-state index contributed by atoms with van der Waals surface area (Å²) >= 11 is 0.973. The predicted octanol–water partition coefficient (Wildman–Crippen LogP) is 1.27. The molecule has 0 aromatic heterocycles. The molecule has 13 heteroatoms. The van der Waals surface area contributed by atoms with Gasteiger partial charge in [-0.05, 0) is 0 Å². The van der Waals surface area contributed by atoms with E-state index in [-0.39, 0.29) is 40.8 Å². The molecule has 2 amide bonds. The van der Waals surface area contributed by atoms with E-state index in [0.29, 0.717) is 24.5 Å². The summed E-state index contributed by atoms with van der Waals surface area (Å²) in [5, 5.41) is 10.7. The number of methoxy groups -OCH3 is 1. The number of aliphatic hydroxyl groups excluding tert-OH is 1. The number of thioether (sulfide) groups is 1. The molecule has 2 fully saturated rings. The van der Waals surface area contributed by atoms with Crippen LogP contribution in [0.3, 0.4) is 0 Å². The molecule has 42 heavy (non-hydrogen) atoms. The molecule has 2 aliphatic rings. The molecule has 1 N–H and O–H groups in total. The molecule has 4 atom stereocenters. The van der Waals surface area contributed by atoms with Crippen molar-refractivity contribution in [1.82, 2.24) is 14.7 Å². The van der Waals surface area contributed by atoms with Crippen molar-refractivity contribution in [2.45, 2.75) is 47.5 Å². The van der Waals surface area contributed by atoms with Gasteiger partial charge in [-0.15, -0.1) is 0 Å². The second-order valence-corrected chi connectivity index (χ2v) is 21.5. The van der Waals surface area contributed by atoms with E-state index in [1.165, 1.54) is 21.6 Å². The van der Waals surface area contributed by atoms with E-state index in [2.05, 4.69) is 19.6 Å². The van der Waals surface area contributed by atoms with Gasteiger partial charge in [-0.1, -0.05) is 0 Å². The Hall–Kier alpha value is -1.70. The van der Waals surface area contributed by atoms with Gasteiger partial charge < -0.3 is 0 Å². The van der Waals surface area contributed by atoms with Crippen LogP contribution >= 0.6 is 11.8 Å². The number of hydrogen-bond acceptors (Lipinski definition) is 9. The van der Waals surface area contributed by atoms with Crippen LogP contribution in [0.1, 0.15) is 0 Å².